The van der Waals surface area contributed by atoms with E-state index in [0.717, 1.165) is 13.2 Å². The van der Waals surface area contributed by atoms with Gasteiger partial charge in [-0.25, -0.2) is 0 Å². The maximum Gasteiger partial charge on any atom is 0.162 e. The van der Waals surface area contributed by atoms with Gasteiger partial charge in [0.05, 0.1) is 13.2 Å². The van der Waals surface area contributed by atoms with E-state index in [2.05, 4.69) is 41.5 Å². The molecule has 0 aliphatic carbocycles. The monoisotopic (exact) mass is 290 g/mol. The number of rotatable bonds is 4. The molecule has 1 aliphatic rings. The molecule has 0 N–H and O–H groups in total. The lowest BCUT2D eigenvalue weighted by atomic mass is 9.96. The lowest BCUT2D eigenvalue weighted by Crippen LogP contribution is -2.32. The van der Waals surface area contributed by atoms with Gasteiger partial charge in [0, 0.05) is 24.0 Å². The van der Waals surface area contributed by atoms with Crippen molar-refractivity contribution >= 4 is 0 Å². The van der Waals surface area contributed by atoms with Crippen LogP contribution in [0.4, 0.5) is 0 Å². The SMILES string of the molecule is CC(C)(C)C1OCCO1.CCOC(OCC)C(C)(C)C. The lowest BCUT2D eigenvalue weighted by Gasteiger charge is -2.29. The normalized spacial score (nSPS) is 17.2. The molecule has 0 spiro atoms. The van der Waals surface area contributed by atoms with E-state index in [0.29, 0.717) is 13.2 Å². The summed E-state index contributed by atoms with van der Waals surface area (Å²) in [5.41, 5.74) is 0.211. The van der Waals surface area contributed by atoms with Crippen LogP contribution in [0, 0.1) is 10.8 Å². The van der Waals surface area contributed by atoms with Gasteiger partial charge >= 0.3 is 0 Å². The van der Waals surface area contributed by atoms with Gasteiger partial charge in [0.15, 0.2) is 12.6 Å². The van der Waals surface area contributed by atoms with Gasteiger partial charge in [-0.2, -0.15) is 0 Å². The maximum atomic E-state index is 5.42. The minimum absolute atomic E-state index is 0.0116. The summed E-state index contributed by atoms with van der Waals surface area (Å²) in [5.74, 6) is 0. The van der Waals surface area contributed by atoms with Crippen molar-refractivity contribution in [2.24, 2.45) is 10.8 Å². The van der Waals surface area contributed by atoms with Gasteiger partial charge in [0.1, 0.15) is 0 Å². The van der Waals surface area contributed by atoms with Crippen LogP contribution < -0.4 is 0 Å². The first-order chi connectivity index (χ1) is 9.12. The molecule has 0 aromatic heterocycles. The fraction of sp³-hybridized carbons (Fsp3) is 1.00. The first-order valence-corrected chi connectivity index (χ1v) is 7.59. The summed E-state index contributed by atoms with van der Waals surface area (Å²) in [5, 5.41) is 0. The largest absolute Gasteiger partial charge is 0.352 e. The zero-order chi connectivity index (χ0) is 15.8. The summed E-state index contributed by atoms with van der Waals surface area (Å²) in [7, 11) is 0. The topological polar surface area (TPSA) is 36.9 Å². The van der Waals surface area contributed by atoms with Crippen LogP contribution in [0.25, 0.3) is 0 Å². The second-order valence-electron chi connectivity index (χ2n) is 7.05. The molecule has 1 saturated heterocycles. The van der Waals surface area contributed by atoms with Gasteiger partial charge in [-0.15, -0.1) is 0 Å². The minimum atomic E-state index is -0.0718. The molecule has 1 fully saturated rings. The molecule has 0 bridgehead atoms. The van der Waals surface area contributed by atoms with Gasteiger partial charge in [0.25, 0.3) is 0 Å². The standard InChI is InChI=1S/C9H20O2.C7H14O2/c1-6-10-8(11-7-2)9(3,4)5;1-7(2,3)6-8-4-5-9-6/h8H,6-7H2,1-5H3;6H,4-5H2,1-3H3. The van der Waals surface area contributed by atoms with Crippen LogP contribution in [0.15, 0.2) is 0 Å². The zero-order valence-corrected chi connectivity index (χ0v) is 14.6. The van der Waals surface area contributed by atoms with Crippen molar-refractivity contribution in [3.63, 3.8) is 0 Å². The van der Waals surface area contributed by atoms with Crippen molar-refractivity contribution in [1.29, 1.82) is 0 Å². The van der Waals surface area contributed by atoms with Crippen molar-refractivity contribution in [3.05, 3.63) is 0 Å². The Morgan fingerprint density at radius 1 is 0.900 bits per heavy atom. The highest BCUT2D eigenvalue weighted by Gasteiger charge is 2.29. The Morgan fingerprint density at radius 3 is 1.50 bits per heavy atom. The van der Waals surface area contributed by atoms with Crippen LogP contribution in [0.5, 0.6) is 0 Å². The molecule has 1 rings (SSSR count). The van der Waals surface area contributed by atoms with Crippen LogP contribution in [0.1, 0.15) is 55.4 Å². The summed E-state index contributed by atoms with van der Waals surface area (Å²) in [4.78, 5) is 0. The van der Waals surface area contributed by atoms with Crippen molar-refractivity contribution in [1.82, 2.24) is 0 Å². The number of hydrogen-bond donors (Lipinski definition) is 0. The van der Waals surface area contributed by atoms with E-state index in [1.807, 2.05) is 13.8 Å². The van der Waals surface area contributed by atoms with Gasteiger partial charge in [-0.05, 0) is 13.8 Å². The molecule has 1 heterocycles. The Morgan fingerprint density at radius 2 is 1.30 bits per heavy atom. The van der Waals surface area contributed by atoms with E-state index in [9.17, 15) is 0 Å². The summed E-state index contributed by atoms with van der Waals surface area (Å²) in [6.45, 7) is 19.6. The highest BCUT2D eigenvalue weighted by Crippen LogP contribution is 2.25. The van der Waals surface area contributed by atoms with Gasteiger partial charge in [0.2, 0.25) is 0 Å². The Kier molecular flexibility index (Phi) is 8.91. The van der Waals surface area contributed by atoms with Crippen LogP contribution in [-0.4, -0.2) is 39.0 Å². The summed E-state index contributed by atoms with van der Waals surface area (Å²) < 4.78 is 21.4. The van der Waals surface area contributed by atoms with Crippen molar-refractivity contribution < 1.29 is 18.9 Å². The summed E-state index contributed by atoms with van der Waals surface area (Å²) in [6, 6.07) is 0. The summed E-state index contributed by atoms with van der Waals surface area (Å²) in [6.07, 6.45) is -0.0602. The molecule has 0 unspecified atom stereocenters. The van der Waals surface area contributed by atoms with Crippen LogP contribution in [0.2, 0.25) is 0 Å². The quantitative estimate of drug-likeness (QED) is 0.737. The van der Waals surface area contributed by atoms with Gasteiger partial charge in [-0.3, -0.25) is 0 Å². The second-order valence-corrected chi connectivity index (χ2v) is 7.05. The van der Waals surface area contributed by atoms with E-state index in [1.165, 1.54) is 0 Å². The molecule has 0 atom stereocenters. The fourth-order valence-corrected chi connectivity index (χ4v) is 1.71. The predicted octanol–water partition coefficient (Wildman–Crippen LogP) is 3.84. The average Bonchev–Trinajstić information content (AvgIpc) is 2.81. The van der Waals surface area contributed by atoms with Gasteiger partial charge < -0.3 is 18.9 Å². The van der Waals surface area contributed by atoms with Crippen LogP contribution in [-0.2, 0) is 18.9 Å². The highest BCUT2D eigenvalue weighted by molar-refractivity contribution is 4.69. The van der Waals surface area contributed by atoms with E-state index in [4.69, 9.17) is 18.9 Å². The molecule has 4 heteroatoms. The molecule has 20 heavy (non-hydrogen) atoms. The molecule has 0 amide bonds. The second kappa shape index (κ2) is 8.98. The average molecular weight is 290 g/mol. The third-order valence-electron chi connectivity index (χ3n) is 2.67. The third kappa shape index (κ3) is 8.20. The molecule has 0 radical (unpaired) electrons. The first kappa shape index (κ1) is 19.8. The Bertz CT molecular complexity index is 228. The Labute approximate surface area is 125 Å². The molecular weight excluding hydrogens is 256 g/mol. The molecular formula is C16H34O4. The molecule has 0 aromatic carbocycles. The van der Waals surface area contributed by atoms with Crippen LogP contribution >= 0.6 is 0 Å². The number of hydrogen-bond acceptors (Lipinski definition) is 4. The third-order valence-corrected chi connectivity index (χ3v) is 2.67. The lowest BCUT2D eigenvalue weighted by molar-refractivity contribution is -0.189. The summed E-state index contributed by atoms with van der Waals surface area (Å²) >= 11 is 0. The molecule has 122 valence electrons. The van der Waals surface area contributed by atoms with E-state index in [-0.39, 0.29) is 23.4 Å². The fourth-order valence-electron chi connectivity index (χ4n) is 1.71. The Balaban J connectivity index is 0.000000367. The molecule has 0 saturated carbocycles. The van der Waals surface area contributed by atoms with E-state index in [1.54, 1.807) is 0 Å². The van der Waals surface area contributed by atoms with Crippen LogP contribution in [0.3, 0.4) is 0 Å². The molecule has 4 nitrogen and oxygen atoms in total. The zero-order valence-electron chi connectivity index (χ0n) is 14.6. The van der Waals surface area contributed by atoms with Crippen molar-refractivity contribution in [2.45, 2.75) is 68.0 Å². The van der Waals surface area contributed by atoms with E-state index < -0.39 is 0 Å². The smallest absolute Gasteiger partial charge is 0.162 e. The molecule has 0 aromatic rings. The van der Waals surface area contributed by atoms with Gasteiger partial charge in [-0.1, -0.05) is 41.5 Å². The highest BCUT2D eigenvalue weighted by atomic mass is 16.7. The minimum Gasteiger partial charge on any atom is -0.352 e. The Hall–Kier alpha value is -0.160. The van der Waals surface area contributed by atoms with Crippen molar-refractivity contribution in [2.75, 3.05) is 26.4 Å². The van der Waals surface area contributed by atoms with Crippen molar-refractivity contribution in [3.8, 4) is 0 Å². The van der Waals surface area contributed by atoms with E-state index >= 15 is 0 Å². The molecule has 1 aliphatic heterocycles. The maximum absolute atomic E-state index is 5.42. The first-order valence-electron chi connectivity index (χ1n) is 7.59. The predicted molar refractivity (Wildman–Crippen MR) is 81.6 cm³/mol. The number of ether oxygens (including phenoxy) is 4.